The van der Waals surface area contributed by atoms with Crippen molar-refractivity contribution in [2.75, 3.05) is 0 Å². The molecule has 2 N–H and O–H groups in total. The highest BCUT2D eigenvalue weighted by atomic mass is 16.2. The standard InChI is InChI=1S/C20H21N3O2/c1-3-14-7-9-15(10-8-14)17-12-18(24)22-20(21-17)23-19(25)16-6-4-5-13(2)11-16/h4-11,17H,3,12H2,1-2H3,(H2,21,22,23,24,25)/t17-/m0/s1. The van der Waals surface area contributed by atoms with E-state index in [1.165, 1.54) is 5.56 Å². The number of guanidine groups is 1. The van der Waals surface area contributed by atoms with Gasteiger partial charge in [-0.3, -0.25) is 20.2 Å². The molecule has 0 fully saturated rings. The molecule has 2 amide bonds. The first-order chi connectivity index (χ1) is 12.0. The summed E-state index contributed by atoms with van der Waals surface area (Å²) in [7, 11) is 0. The van der Waals surface area contributed by atoms with Crippen molar-refractivity contribution in [3.8, 4) is 0 Å². The molecule has 0 aromatic heterocycles. The minimum absolute atomic E-state index is 0.154. The van der Waals surface area contributed by atoms with Gasteiger partial charge in [0.1, 0.15) is 0 Å². The van der Waals surface area contributed by atoms with Crippen LogP contribution in [0.5, 0.6) is 0 Å². The second kappa shape index (κ2) is 7.30. The number of benzene rings is 2. The van der Waals surface area contributed by atoms with Gasteiger partial charge < -0.3 is 0 Å². The van der Waals surface area contributed by atoms with Gasteiger partial charge in [0.25, 0.3) is 5.91 Å². The zero-order valence-corrected chi connectivity index (χ0v) is 14.4. The van der Waals surface area contributed by atoms with Gasteiger partial charge in [0.15, 0.2) is 0 Å². The van der Waals surface area contributed by atoms with Crippen LogP contribution in [0.3, 0.4) is 0 Å². The van der Waals surface area contributed by atoms with Gasteiger partial charge in [-0.05, 0) is 36.6 Å². The van der Waals surface area contributed by atoms with Gasteiger partial charge in [-0.25, -0.2) is 4.99 Å². The molecule has 128 valence electrons. The smallest absolute Gasteiger partial charge is 0.257 e. The molecule has 2 aromatic rings. The summed E-state index contributed by atoms with van der Waals surface area (Å²) in [4.78, 5) is 28.9. The molecule has 0 radical (unpaired) electrons. The van der Waals surface area contributed by atoms with E-state index in [4.69, 9.17) is 0 Å². The number of nitrogens with one attached hydrogen (secondary N) is 2. The molecule has 1 aliphatic heterocycles. The summed E-state index contributed by atoms with van der Waals surface area (Å²) in [6, 6.07) is 15.1. The zero-order valence-electron chi connectivity index (χ0n) is 14.4. The Labute approximate surface area is 147 Å². The highest BCUT2D eigenvalue weighted by molar-refractivity contribution is 6.10. The molecule has 1 atom stereocenters. The van der Waals surface area contributed by atoms with Crippen LogP contribution in [0.1, 0.15) is 46.4 Å². The van der Waals surface area contributed by atoms with Gasteiger partial charge in [0.05, 0.1) is 12.5 Å². The molecule has 5 heteroatoms. The molecular formula is C20H21N3O2. The number of aryl methyl sites for hydroxylation is 2. The third kappa shape index (κ3) is 4.12. The van der Waals surface area contributed by atoms with E-state index in [0.717, 1.165) is 17.5 Å². The van der Waals surface area contributed by atoms with Crippen molar-refractivity contribution in [3.05, 3.63) is 70.8 Å². The van der Waals surface area contributed by atoms with E-state index in [0.29, 0.717) is 5.56 Å². The summed E-state index contributed by atoms with van der Waals surface area (Å²) >= 11 is 0. The van der Waals surface area contributed by atoms with Crippen molar-refractivity contribution in [1.82, 2.24) is 10.6 Å². The van der Waals surface area contributed by atoms with Gasteiger partial charge >= 0.3 is 0 Å². The van der Waals surface area contributed by atoms with Crippen LogP contribution in [0.15, 0.2) is 53.5 Å². The second-order valence-corrected chi connectivity index (χ2v) is 6.16. The van der Waals surface area contributed by atoms with E-state index in [1.807, 2.05) is 43.3 Å². The van der Waals surface area contributed by atoms with Gasteiger partial charge in [0.2, 0.25) is 11.9 Å². The monoisotopic (exact) mass is 335 g/mol. The number of nitrogens with zero attached hydrogens (tertiary/aromatic N) is 1. The number of carbonyl (C=O) groups is 2. The Morgan fingerprint density at radius 2 is 2.00 bits per heavy atom. The van der Waals surface area contributed by atoms with E-state index < -0.39 is 0 Å². The van der Waals surface area contributed by atoms with Crippen molar-refractivity contribution in [2.24, 2.45) is 4.99 Å². The maximum absolute atomic E-state index is 12.4. The van der Waals surface area contributed by atoms with E-state index in [-0.39, 0.29) is 30.2 Å². The van der Waals surface area contributed by atoms with Crippen molar-refractivity contribution in [3.63, 3.8) is 0 Å². The lowest BCUT2D eigenvalue weighted by Crippen LogP contribution is -2.47. The summed E-state index contributed by atoms with van der Waals surface area (Å²) in [5.41, 5.74) is 3.73. The summed E-state index contributed by atoms with van der Waals surface area (Å²) in [6.07, 6.45) is 1.24. The molecule has 2 aromatic carbocycles. The molecule has 0 saturated carbocycles. The highest BCUT2D eigenvalue weighted by Crippen LogP contribution is 2.24. The number of aliphatic imine (C=N–C) groups is 1. The fourth-order valence-corrected chi connectivity index (χ4v) is 2.79. The van der Waals surface area contributed by atoms with Crippen LogP contribution in [0, 0.1) is 6.92 Å². The van der Waals surface area contributed by atoms with Crippen LogP contribution >= 0.6 is 0 Å². The first-order valence-electron chi connectivity index (χ1n) is 8.39. The van der Waals surface area contributed by atoms with Crippen molar-refractivity contribution in [2.45, 2.75) is 32.7 Å². The molecule has 0 bridgehead atoms. The maximum Gasteiger partial charge on any atom is 0.257 e. The minimum atomic E-state index is -0.287. The number of hydrogen-bond donors (Lipinski definition) is 2. The molecule has 0 unspecified atom stereocenters. The lowest BCUT2D eigenvalue weighted by Gasteiger charge is -2.21. The first kappa shape index (κ1) is 16.9. The normalized spacial score (nSPS) is 16.8. The van der Waals surface area contributed by atoms with Crippen LogP contribution in [0.4, 0.5) is 0 Å². The van der Waals surface area contributed by atoms with E-state index in [9.17, 15) is 9.59 Å². The molecule has 0 aliphatic carbocycles. The largest absolute Gasteiger partial charge is 0.296 e. The zero-order chi connectivity index (χ0) is 17.8. The summed E-state index contributed by atoms with van der Waals surface area (Å²) < 4.78 is 0. The number of carbonyl (C=O) groups excluding carboxylic acids is 2. The average Bonchev–Trinajstić information content (AvgIpc) is 2.61. The van der Waals surface area contributed by atoms with E-state index in [1.54, 1.807) is 12.1 Å². The van der Waals surface area contributed by atoms with Crippen molar-refractivity contribution < 1.29 is 9.59 Å². The molecule has 0 saturated heterocycles. The van der Waals surface area contributed by atoms with Gasteiger partial charge in [-0.15, -0.1) is 0 Å². The molecule has 0 spiro atoms. The Balaban J connectivity index is 1.78. The Morgan fingerprint density at radius 1 is 1.24 bits per heavy atom. The van der Waals surface area contributed by atoms with Crippen LogP contribution in [0.2, 0.25) is 0 Å². The van der Waals surface area contributed by atoms with Crippen LogP contribution < -0.4 is 10.6 Å². The quantitative estimate of drug-likeness (QED) is 0.905. The molecule has 1 aliphatic rings. The molecular weight excluding hydrogens is 314 g/mol. The van der Waals surface area contributed by atoms with E-state index in [2.05, 4.69) is 22.5 Å². The fourth-order valence-electron chi connectivity index (χ4n) is 2.79. The fraction of sp³-hybridized carbons (Fsp3) is 0.250. The Morgan fingerprint density at radius 3 is 2.68 bits per heavy atom. The van der Waals surface area contributed by atoms with Crippen LogP contribution in [0.25, 0.3) is 0 Å². The minimum Gasteiger partial charge on any atom is -0.296 e. The lowest BCUT2D eigenvalue weighted by molar-refractivity contribution is -0.120. The lowest BCUT2D eigenvalue weighted by atomic mass is 10.0. The van der Waals surface area contributed by atoms with Gasteiger partial charge in [0, 0.05) is 5.56 Å². The molecule has 25 heavy (non-hydrogen) atoms. The SMILES string of the molecule is CCc1ccc([C@@H]2CC(=O)NC(NC(=O)c3cccc(C)c3)=N2)cc1. The number of amides is 2. The topological polar surface area (TPSA) is 70.6 Å². The third-order valence-corrected chi connectivity index (χ3v) is 4.21. The van der Waals surface area contributed by atoms with Crippen molar-refractivity contribution >= 4 is 17.8 Å². The first-order valence-corrected chi connectivity index (χ1v) is 8.39. The predicted octanol–water partition coefficient (Wildman–Crippen LogP) is 2.90. The maximum atomic E-state index is 12.4. The Kier molecular flexibility index (Phi) is 4.93. The highest BCUT2D eigenvalue weighted by Gasteiger charge is 2.23. The summed E-state index contributed by atoms with van der Waals surface area (Å²) in [5.74, 6) is -0.240. The summed E-state index contributed by atoms with van der Waals surface area (Å²) in [5, 5.41) is 5.33. The molecule has 5 nitrogen and oxygen atoms in total. The van der Waals surface area contributed by atoms with Gasteiger partial charge in [-0.2, -0.15) is 0 Å². The van der Waals surface area contributed by atoms with Crippen LogP contribution in [-0.2, 0) is 11.2 Å². The third-order valence-electron chi connectivity index (χ3n) is 4.21. The number of hydrogen-bond acceptors (Lipinski definition) is 3. The average molecular weight is 335 g/mol. The molecule has 1 heterocycles. The van der Waals surface area contributed by atoms with E-state index >= 15 is 0 Å². The van der Waals surface area contributed by atoms with Crippen molar-refractivity contribution in [1.29, 1.82) is 0 Å². The Hall–Kier alpha value is -2.95. The second-order valence-electron chi connectivity index (χ2n) is 6.16. The van der Waals surface area contributed by atoms with Crippen LogP contribution in [-0.4, -0.2) is 17.8 Å². The molecule has 3 rings (SSSR count). The van der Waals surface area contributed by atoms with Gasteiger partial charge in [-0.1, -0.05) is 48.9 Å². The Bertz CT molecular complexity index is 825. The predicted molar refractivity (Wildman–Crippen MR) is 97.4 cm³/mol. The summed E-state index contributed by atoms with van der Waals surface area (Å²) in [6.45, 7) is 4.02. The number of rotatable bonds is 3.